The molecule has 0 saturated heterocycles. The van der Waals surface area contributed by atoms with E-state index in [4.69, 9.17) is 4.74 Å². The summed E-state index contributed by atoms with van der Waals surface area (Å²) in [4.78, 5) is 35.5. The Kier molecular flexibility index (Phi) is 6.60. The van der Waals surface area contributed by atoms with Crippen molar-refractivity contribution in [3.63, 3.8) is 0 Å². The molecular formula is C19H27N3O4. The van der Waals surface area contributed by atoms with Gasteiger partial charge in [-0.05, 0) is 57.9 Å². The monoisotopic (exact) mass is 361 g/mol. The molecule has 1 aromatic carbocycles. The maximum absolute atomic E-state index is 12.1. The first-order valence-corrected chi connectivity index (χ1v) is 8.90. The molecule has 0 radical (unpaired) electrons. The van der Waals surface area contributed by atoms with Crippen molar-refractivity contribution in [2.45, 2.75) is 52.1 Å². The van der Waals surface area contributed by atoms with Crippen molar-refractivity contribution in [1.29, 1.82) is 0 Å². The molecule has 26 heavy (non-hydrogen) atoms. The molecule has 7 heteroatoms. The van der Waals surface area contributed by atoms with Gasteiger partial charge in [-0.25, -0.2) is 4.79 Å². The Morgan fingerprint density at radius 1 is 1.00 bits per heavy atom. The number of anilines is 2. The summed E-state index contributed by atoms with van der Waals surface area (Å²) in [7, 11) is 0. The molecule has 0 atom stereocenters. The van der Waals surface area contributed by atoms with E-state index in [9.17, 15) is 14.4 Å². The van der Waals surface area contributed by atoms with Gasteiger partial charge in [0.05, 0.1) is 0 Å². The summed E-state index contributed by atoms with van der Waals surface area (Å²) in [6.07, 6.45) is 3.48. The zero-order chi connectivity index (χ0) is 19.2. The lowest BCUT2D eigenvalue weighted by molar-refractivity contribution is -0.119. The van der Waals surface area contributed by atoms with Gasteiger partial charge in [0.25, 0.3) is 0 Å². The van der Waals surface area contributed by atoms with E-state index in [-0.39, 0.29) is 24.3 Å². The van der Waals surface area contributed by atoms with Gasteiger partial charge in [0, 0.05) is 17.3 Å². The van der Waals surface area contributed by atoms with Crippen molar-refractivity contribution in [3.05, 3.63) is 24.3 Å². The van der Waals surface area contributed by atoms with Gasteiger partial charge in [-0.2, -0.15) is 0 Å². The van der Waals surface area contributed by atoms with E-state index in [0.29, 0.717) is 11.4 Å². The van der Waals surface area contributed by atoms with Crippen LogP contribution in [-0.2, 0) is 14.3 Å². The highest BCUT2D eigenvalue weighted by Gasteiger charge is 2.22. The molecule has 0 aromatic heterocycles. The molecule has 1 aromatic rings. The second-order valence-corrected chi connectivity index (χ2v) is 7.45. The van der Waals surface area contributed by atoms with Crippen molar-refractivity contribution in [2.75, 3.05) is 17.2 Å². The number of rotatable bonds is 5. The highest BCUT2D eigenvalue weighted by Crippen LogP contribution is 2.26. The molecule has 142 valence electrons. The third-order valence-corrected chi connectivity index (χ3v) is 3.95. The third kappa shape index (κ3) is 6.74. The summed E-state index contributed by atoms with van der Waals surface area (Å²) in [5, 5.41) is 7.97. The Morgan fingerprint density at radius 3 is 2.08 bits per heavy atom. The first-order chi connectivity index (χ1) is 12.2. The molecule has 0 spiro atoms. The number of carbonyl (C=O) groups is 3. The largest absolute Gasteiger partial charge is 0.444 e. The fourth-order valence-corrected chi connectivity index (χ4v) is 2.74. The molecule has 1 fully saturated rings. The Hall–Kier alpha value is -2.57. The first kappa shape index (κ1) is 19.8. The number of nitrogens with one attached hydrogen (secondary N) is 3. The second kappa shape index (κ2) is 8.69. The molecule has 7 nitrogen and oxygen atoms in total. The average molecular weight is 361 g/mol. The van der Waals surface area contributed by atoms with Crippen molar-refractivity contribution in [3.8, 4) is 0 Å². The quantitative estimate of drug-likeness (QED) is 0.750. The molecule has 0 unspecified atom stereocenters. The van der Waals surface area contributed by atoms with Gasteiger partial charge in [0.1, 0.15) is 12.1 Å². The van der Waals surface area contributed by atoms with Gasteiger partial charge in [0.2, 0.25) is 11.8 Å². The van der Waals surface area contributed by atoms with Gasteiger partial charge < -0.3 is 20.7 Å². The molecule has 0 aliphatic heterocycles. The van der Waals surface area contributed by atoms with Gasteiger partial charge in [-0.15, -0.1) is 0 Å². The van der Waals surface area contributed by atoms with Gasteiger partial charge in [-0.3, -0.25) is 9.59 Å². The number of ether oxygens (including phenoxy) is 1. The SMILES string of the molecule is CC(C)(C)OC(=O)NCC(=O)Nc1ccc(NC(=O)C2CCCC2)cc1. The van der Waals surface area contributed by atoms with Crippen LogP contribution in [0, 0.1) is 5.92 Å². The standard InChI is InChI=1S/C19H27N3O4/c1-19(2,3)26-18(25)20-12-16(23)21-14-8-10-15(11-9-14)22-17(24)13-6-4-5-7-13/h8-11,13H,4-7,12H2,1-3H3,(H,20,25)(H,21,23)(H,22,24). The minimum Gasteiger partial charge on any atom is -0.444 e. The van der Waals surface area contributed by atoms with Crippen LogP contribution in [0.15, 0.2) is 24.3 Å². The van der Waals surface area contributed by atoms with Crippen molar-refractivity contribution < 1.29 is 19.1 Å². The van der Waals surface area contributed by atoms with E-state index in [2.05, 4.69) is 16.0 Å². The topological polar surface area (TPSA) is 96.5 Å². The Bertz CT molecular complexity index is 644. The second-order valence-electron chi connectivity index (χ2n) is 7.45. The van der Waals surface area contributed by atoms with Gasteiger partial charge in [0.15, 0.2) is 0 Å². The molecule has 2 rings (SSSR count). The minimum absolute atomic E-state index is 0.0563. The van der Waals surface area contributed by atoms with Crippen LogP contribution >= 0.6 is 0 Å². The number of hydrogen-bond acceptors (Lipinski definition) is 4. The van der Waals surface area contributed by atoms with E-state index >= 15 is 0 Å². The highest BCUT2D eigenvalue weighted by atomic mass is 16.6. The molecule has 1 saturated carbocycles. The normalized spacial score (nSPS) is 14.6. The highest BCUT2D eigenvalue weighted by molar-refractivity contribution is 5.95. The predicted octanol–water partition coefficient (Wildman–Crippen LogP) is 3.28. The fraction of sp³-hybridized carbons (Fsp3) is 0.526. The lowest BCUT2D eigenvalue weighted by Crippen LogP contribution is -2.37. The average Bonchev–Trinajstić information content (AvgIpc) is 3.08. The smallest absolute Gasteiger partial charge is 0.408 e. The molecule has 3 amide bonds. The predicted molar refractivity (Wildman–Crippen MR) is 99.9 cm³/mol. The van der Waals surface area contributed by atoms with Crippen LogP contribution in [0.3, 0.4) is 0 Å². The molecule has 0 bridgehead atoms. The van der Waals surface area contributed by atoms with E-state index in [1.807, 2.05) is 0 Å². The lowest BCUT2D eigenvalue weighted by Gasteiger charge is -2.19. The van der Waals surface area contributed by atoms with E-state index in [0.717, 1.165) is 25.7 Å². The molecular weight excluding hydrogens is 334 g/mol. The maximum atomic E-state index is 12.1. The first-order valence-electron chi connectivity index (χ1n) is 8.90. The molecule has 3 N–H and O–H groups in total. The van der Waals surface area contributed by atoms with Crippen LogP contribution in [-0.4, -0.2) is 30.1 Å². The minimum atomic E-state index is -0.641. The lowest BCUT2D eigenvalue weighted by atomic mass is 10.1. The Balaban J connectivity index is 1.76. The summed E-state index contributed by atoms with van der Waals surface area (Å²) in [5.41, 5.74) is 0.672. The third-order valence-electron chi connectivity index (χ3n) is 3.95. The van der Waals surface area contributed by atoms with Gasteiger partial charge in [-0.1, -0.05) is 12.8 Å². The summed E-state index contributed by atoms with van der Waals surface area (Å²) in [6, 6.07) is 6.89. The van der Waals surface area contributed by atoms with Crippen LogP contribution in [0.25, 0.3) is 0 Å². The van der Waals surface area contributed by atoms with Crippen molar-refractivity contribution >= 4 is 29.3 Å². The van der Waals surface area contributed by atoms with E-state index < -0.39 is 11.7 Å². The number of carbonyl (C=O) groups excluding carboxylic acids is 3. The van der Waals surface area contributed by atoms with Crippen molar-refractivity contribution in [1.82, 2.24) is 5.32 Å². The number of hydrogen-bond donors (Lipinski definition) is 3. The van der Waals surface area contributed by atoms with Crippen LogP contribution in [0.5, 0.6) is 0 Å². The van der Waals surface area contributed by atoms with E-state index in [1.165, 1.54) is 0 Å². The van der Waals surface area contributed by atoms with E-state index in [1.54, 1.807) is 45.0 Å². The van der Waals surface area contributed by atoms with Crippen LogP contribution in [0.2, 0.25) is 0 Å². The summed E-state index contributed by atoms with van der Waals surface area (Å²) in [6.45, 7) is 5.06. The van der Waals surface area contributed by atoms with Crippen LogP contribution < -0.4 is 16.0 Å². The van der Waals surface area contributed by atoms with Crippen LogP contribution in [0.4, 0.5) is 16.2 Å². The fourth-order valence-electron chi connectivity index (χ4n) is 2.74. The molecule has 0 heterocycles. The Labute approximate surface area is 153 Å². The number of alkyl carbamates (subject to hydrolysis) is 1. The zero-order valence-electron chi connectivity index (χ0n) is 15.6. The van der Waals surface area contributed by atoms with Crippen molar-refractivity contribution in [2.24, 2.45) is 5.92 Å². The molecule has 1 aliphatic rings. The summed E-state index contributed by atoms with van der Waals surface area (Å²) in [5.74, 6) is -0.201. The number of amides is 3. The maximum Gasteiger partial charge on any atom is 0.408 e. The number of benzene rings is 1. The zero-order valence-corrected chi connectivity index (χ0v) is 15.6. The van der Waals surface area contributed by atoms with Gasteiger partial charge >= 0.3 is 6.09 Å². The van der Waals surface area contributed by atoms with Crippen LogP contribution in [0.1, 0.15) is 46.5 Å². The summed E-state index contributed by atoms with van der Waals surface area (Å²) < 4.78 is 5.06. The summed E-state index contributed by atoms with van der Waals surface area (Å²) >= 11 is 0. The Morgan fingerprint density at radius 2 is 1.54 bits per heavy atom. The molecule has 1 aliphatic carbocycles.